The minimum absolute atomic E-state index is 0.0374. The van der Waals surface area contributed by atoms with Crippen LogP contribution < -0.4 is 0 Å². The van der Waals surface area contributed by atoms with Crippen LogP contribution in [0.2, 0.25) is 0 Å². The van der Waals surface area contributed by atoms with Crippen molar-refractivity contribution in [2.45, 2.75) is 18.9 Å². The van der Waals surface area contributed by atoms with Gasteiger partial charge in [0.25, 0.3) is 0 Å². The first-order valence-corrected chi connectivity index (χ1v) is 6.08. The Bertz CT molecular complexity index is 419. The molecule has 0 radical (unpaired) electrons. The summed E-state index contributed by atoms with van der Waals surface area (Å²) in [6.07, 6.45) is 1.68. The second kappa shape index (κ2) is 5.43. The van der Waals surface area contributed by atoms with E-state index in [0.29, 0.717) is 5.56 Å². The lowest BCUT2D eigenvalue weighted by Crippen LogP contribution is -2.37. The van der Waals surface area contributed by atoms with E-state index < -0.39 is 0 Å². The minimum Gasteiger partial charge on any atom is -0.293 e. The average molecular weight is 252 g/mol. The highest BCUT2D eigenvalue weighted by Crippen LogP contribution is 2.19. The highest BCUT2D eigenvalue weighted by atomic mass is 35.5. The number of likely N-dealkylation sites (tertiary alicyclic amines) is 1. The normalized spacial score (nSPS) is 20.4. The number of ketones is 1. The predicted molar refractivity (Wildman–Crippen MR) is 66.2 cm³/mol. The van der Waals surface area contributed by atoms with Gasteiger partial charge in [0.2, 0.25) is 5.24 Å². The Morgan fingerprint density at radius 3 is 2.65 bits per heavy atom. The third kappa shape index (κ3) is 2.93. The lowest BCUT2D eigenvalue weighted by molar-refractivity contribution is -0.115. The average Bonchev–Trinajstić information content (AvgIpc) is 2.78. The Morgan fingerprint density at radius 1 is 1.29 bits per heavy atom. The van der Waals surface area contributed by atoms with Crippen LogP contribution in [0, 0.1) is 0 Å². The maximum absolute atomic E-state index is 12.0. The molecule has 3 nitrogen and oxygen atoms in total. The van der Waals surface area contributed by atoms with Crippen molar-refractivity contribution >= 4 is 22.6 Å². The molecule has 0 bridgehead atoms. The van der Waals surface area contributed by atoms with Gasteiger partial charge in [0.05, 0.1) is 12.6 Å². The van der Waals surface area contributed by atoms with Crippen LogP contribution in [0.15, 0.2) is 30.3 Å². The highest BCUT2D eigenvalue weighted by molar-refractivity contribution is 6.64. The number of nitrogens with zero attached hydrogens (tertiary/aromatic N) is 1. The molecule has 0 aromatic heterocycles. The number of carbonyl (C=O) groups is 2. The lowest BCUT2D eigenvalue weighted by atomic mass is 10.1. The van der Waals surface area contributed by atoms with Crippen LogP contribution in [0.3, 0.4) is 0 Å². The fourth-order valence-electron chi connectivity index (χ4n) is 2.17. The molecular formula is C13H14ClNO2. The van der Waals surface area contributed by atoms with Crippen LogP contribution in [0.1, 0.15) is 23.2 Å². The first kappa shape index (κ1) is 12.3. The standard InChI is InChI=1S/C13H14ClNO2/c14-13(17)11-7-4-8-15(11)9-12(16)10-5-2-1-3-6-10/h1-3,5-6,11H,4,7-9H2/t11-/m0/s1. The lowest BCUT2D eigenvalue weighted by Gasteiger charge is -2.20. The van der Waals surface area contributed by atoms with Gasteiger partial charge in [-0.3, -0.25) is 14.5 Å². The molecule has 90 valence electrons. The molecule has 1 atom stereocenters. The van der Waals surface area contributed by atoms with Crippen LogP contribution >= 0.6 is 11.6 Å². The van der Waals surface area contributed by atoms with Crippen LogP contribution in [0.5, 0.6) is 0 Å². The summed E-state index contributed by atoms with van der Waals surface area (Å²) in [7, 11) is 0. The van der Waals surface area contributed by atoms with Gasteiger partial charge in [-0.25, -0.2) is 0 Å². The number of benzene rings is 1. The zero-order chi connectivity index (χ0) is 12.3. The molecule has 0 N–H and O–H groups in total. The SMILES string of the molecule is O=C(CN1CCC[C@H]1C(=O)Cl)c1ccccc1. The van der Waals surface area contributed by atoms with Crippen LogP contribution in [-0.2, 0) is 4.79 Å². The Kier molecular flexibility index (Phi) is 3.92. The molecule has 1 fully saturated rings. The number of carbonyl (C=O) groups excluding carboxylic acids is 2. The van der Waals surface area contributed by atoms with Gasteiger partial charge in [0.15, 0.2) is 5.78 Å². The second-order valence-corrected chi connectivity index (χ2v) is 4.59. The van der Waals surface area contributed by atoms with Crippen LogP contribution in [0.25, 0.3) is 0 Å². The van der Waals surface area contributed by atoms with E-state index in [-0.39, 0.29) is 23.6 Å². The van der Waals surface area contributed by atoms with Crippen molar-refractivity contribution in [2.75, 3.05) is 13.1 Å². The van der Waals surface area contributed by atoms with Crippen molar-refractivity contribution in [1.82, 2.24) is 4.90 Å². The van der Waals surface area contributed by atoms with Gasteiger partial charge in [0.1, 0.15) is 0 Å². The molecule has 0 saturated carbocycles. The van der Waals surface area contributed by atoms with Gasteiger partial charge in [0, 0.05) is 5.56 Å². The molecule has 1 aliphatic heterocycles. The van der Waals surface area contributed by atoms with E-state index in [1.807, 2.05) is 23.1 Å². The Balaban J connectivity index is 2.02. The quantitative estimate of drug-likeness (QED) is 0.608. The molecule has 4 heteroatoms. The minimum atomic E-state index is -0.358. The van der Waals surface area contributed by atoms with Gasteiger partial charge in [-0.15, -0.1) is 0 Å². The van der Waals surface area contributed by atoms with Crippen molar-refractivity contribution in [3.05, 3.63) is 35.9 Å². The zero-order valence-corrected chi connectivity index (χ0v) is 10.2. The van der Waals surface area contributed by atoms with Crippen LogP contribution in [-0.4, -0.2) is 35.1 Å². The van der Waals surface area contributed by atoms with Crippen molar-refractivity contribution in [3.8, 4) is 0 Å². The molecule has 1 aromatic rings. The molecule has 0 amide bonds. The van der Waals surface area contributed by atoms with Gasteiger partial charge in [-0.1, -0.05) is 30.3 Å². The Labute approximate surface area is 105 Å². The molecule has 1 aromatic carbocycles. The van der Waals surface area contributed by atoms with E-state index in [1.54, 1.807) is 12.1 Å². The molecule has 1 aliphatic rings. The number of halogens is 1. The van der Waals surface area contributed by atoms with E-state index in [2.05, 4.69) is 0 Å². The molecule has 1 saturated heterocycles. The Hall–Kier alpha value is -1.19. The van der Waals surface area contributed by atoms with E-state index >= 15 is 0 Å². The number of Topliss-reactive ketones (excluding diaryl/α,β-unsaturated/α-hetero) is 1. The van der Waals surface area contributed by atoms with Gasteiger partial charge >= 0.3 is 0 Å². The van der Waals surface area contributed by atoms with Gasteiger partial charge in [-0.2, -0.15) is 0 Å². The first-order valence-electron chi connectivity index (χ1n) is 5.70. The van der Waals surface area contributed by atoms with Crippen molar-refractivity contribution in [3.63, 3.8) is 0 Å². The van der Waals surface area contributed by atoms with Gasteiger partial charge in [-0.05, 0) is 31.0 Å². The Morgan fingerprint density at radius 2 is 2.00 bits per heavy atom. The highest BCUT2D eigenvalue weighted by Gasteiger charge is 2.30. The fourth-order valence-corrected chi connectivity index (χ4v) is 2.42. The van der Waals surface area contributed by atoms with Crippen molar-refractivity contribution in [2.24, 2.45) is 0 Å². The summed E-state index contributed by atoms with van der Waals surface area (Å²) in [5.74, 6) is 0.0374. The van der Waals surface area contributed by atoms with Crippen molar-refractivity contribution in [1.29, 1.82) is 0 Å². The fraction of sp³-hybridized carbons (Fsp3) is 0.385. The number of rotatable bonds is 4. The molecular weight excluding hydrogens is 238 g/mol. The molecule has 0 aliphatic carbocycles. The molecule has 1 heterocycles. The third-order valence-electron chi connectivity index (χ3n) is 3.07. The molecule has 0 spiro atoms. The summed E-state index contributed by atoms with van der Waals surface area (Å²) in [6, 6.07) is 8.83. The number of hydrogen-bond donors (Lipinski definition) is 0. The maximum Gasteiger partial charge on any atom is 0.238 e. The summed E-state index contributed by atoms with van der Waals surface area (Å²) in [5, 5.41) is -0.358. The predicted octanol–water partition coefficient (Wildman–Crippen LogP) is 2.10. The summed E-state index contributed by atoms with van der Waals surface area (Å²) < 4.78 is 0. The van der Waals surface area contributed by atoms with Gasteiger partial charge < -0.3 is 0 Å². The molecule has 0 unspecified atom stereocenters. The topological polar surface area (TPSA) is 37.4 Å². The van der Waals surface area contributed by atoms with E-state index in [4.69, 9.17) is 11.6 Å². The smallest absolute Gasteiger partial charge is 0.238 e. The zero-order valence-electron chi connectivity index (χ0n) is 9.43. The maximum atomic E-state index is 12.0. The third-order valence-corrected chi connectivity index (χ3v) is 3.32. The van der Waals surface area contributed by atoms with E-state index in [0.717, 1.165) is 19.4 Å². The monoisotopic (exact) mass is 251 g/mol. The van der Waals surface area contributed by atoms with Crippen molar-refractivity contribution < 1.29 is 9.59 Å². The first-order chi connectivity index (χ1) is 8.18. The van der Waals surface area contributed by atoms with E-state index in [9.17, 15) is 9.59 Å². The largest absolute Gasteiger partial charge is 0.293 e. The second-order valence-electron chi connectivity index (χ2n) is 4.22. The number of hydrogen-bond acceptors (Lipinski definition) is 3. The molecule has 2 rings (SSSR count). The summed E-state index contributed by atoms with van der Waals surface area (Å²) >= 11 is 5.52. The summed E-state index contributed by atoms with van der Waals surface area (Å²) in [6.45, 7) is 1.04. The summed E-state index contributed by atoms with van der Waals surface area (Å²) in [4.78, 5) is 25.0. The van der Waals surface area contributed by atoms with E-state index in [1.165, 1.54) is 0 Å². The molecule has 17 heavy (non-hydrogen) atoms. The summed E-state index contributed by atoms with van der Waals surface area (Å²) in [5.41, 5.74) is 0.681. The van der Waals surface area contributed by atoms with Crippen LogP contribution in [0.4, 0.5) is 0 Å².